The van der Waals surface area contributed by atoms with Crippen LogP contribution in [0, 0.1) is 0 Å². The average molecular weight is 223 g/mol. The summed E-state index contributed by atoms with van der Waals surface area (Å²) in [7, 11) is 1.25. The summed E-state index contributed by atoms with van der Waals surface area (Å²) in [5.41, 5.74) is 3.11. The average Bonchev–Trinajstić information content (AvgIpc) is 2.73. The Morgan fingerprint density at radius 1 is 1.60 bits per heavy atom. The number of fused-ring (bicyclic) bond motifs is 1. The number of benzene rings is 1. The largest absolute Gasteiger partial charge is 0.467 e. The lowest BCUT2D eigenvalue weighted by Gasteiger charge is -2.07. The van der Waals surface area contributed by atoms with Crippen LogP contribution in [0.5, 0.6) is 0 Å². The second-order valence-corrected chi connectivity index (χ2v) is 3.89. The third-order valence-corrected chi connectivity index (χ3v) is 2.89. The first-order valence-electron chi connectivity index (χ1n) is 4.31. The Bertz CT molecular complexity index is 494. The smallest absolute Gasteiger partial charge is 0.339 e. The van der Waals surface area contributed by atoms with Gasteiger partial charge in [-0.05, 0) is 17.7 Å². The molecular formula is C10H9NO3S. The molecule has 0 saturated carbocycles. The maximum absolute atomic E-state index is 11.1. The van der Waals surface area contributed by atoms with E-state index in [1.807, 2.05) is 0 Å². The lowest BCUT2D eigenvalue weighted by atomic mass is 10.1. The highest BCUT2D eigenvalue weighted by molar-refractivity contribution is 7.16. The monoisotopic (exact) mass is 223 g/mol. The summed E-state index contributed by atoms with van der Waals surface area (Å²) in [6, 6.07) is 5.19. The Balaban J connectivity index is 2.39. The fraction of sp³-hybridized carbons (Fsp3) is 0.200. The number of esters is 1. The molecule has 1 N–H and O–H groups in total. The standard InChI is InChI=1S/C10H9NO3S/c1-14-10(13)9(12)6-2-3-7-8(4-6)15-5-11-7/h2-5,9,12H,1H3. The SMILES string of the molecule is COC(=O)C(O)c1ccc2ncsc2c1. The highest BCUT2D eigenvalue weighted by atomic mass is 32.1. The second-order valence-electron chi connectivity index (χ2n) is 3.01. The molecule has 1 heterocycles. The Kier molecular flexibility index (Phi) is 2.66. The van der Waals surface area contributed by atoms with Crippen molar-refractivity contribution in [3.05, 3.63) is 29.3 Å². The summed E-state index contributed by atoms with van der Waals surface area (Å²) < 4.78 is 5.40. The zero-order valence-electron chi connectivity index (χ0n) is 8.01. The van der Waals surface area contributed by atoms with Crippen molar-refractivity contribution in [2.45, 2.75) is 6.10 Å². The summed E-state index contributed by atoms with van der Waals surface area (Å²) in [5.74, 6) is -0.654. The first-order valence-corrected chi connectivity index (χ1v) is 5.19. The van der Waals surface area contributed by atoms with Gasteiger partial charge in [0.25, 0.3) is 0 Å². The van der Waals surface area contributed by atoms with Gasteiger partial charge in [-0.3, -0.25) is 0 Å². The van der Waals surface area contributed by atoms with E-state index in [0.717, 1.165) is 10.2 Å². The lowest BCUT2D eigenvalue weighted by molar-refractivity contribution is -0.150. The second kappa shape index (κ2) is 3.96. The number of rotatable bonds is 2. The van der Waals surface area contributed by atoms with E-state index < -0.39 is 12.1 Å². The molecule has 1 unspecified atom stereocenters. The molecule has 0 radical (unpaired) electrons. The third-order valence-electron chi connectivity index (χ3n) is 2.10. The molecule has 0 amide bonds. The van der Waals surface area contributed by atoms with Crippen LogP contribution in [-0.2, 0) is 9.53 Å². The zero-order chi connectivity index (χ0) is 10.8. The fourth-order valence-electron chi connectivity index (χ4n) is 1.29. The molecule has 0 fully saturated rings. The summed E-state index contributed by atoms with van der Waals surface area (Å²) in [6.07, 6.45) is -1.22. The predicted molar refractivity (Wildman–Crippen MR) is 56.6 cm³/mol. The minimum atomic E-state index is -1.22. The van der Waals surface area contributed by atoms with Crippen LogP contribution < -0.4 is 0 Å². The molecule has 1 aromatic heterocycles. The fourth-order valence-corrected chi connectivity index (χ4v) is 2.01. The number of nitrogens with zero attached hydrogens (tertiary/aromatic N) is 1. The molecular weight excluding hydrogens is 214 g/mol. The number of methoxy groups -OCH3 is 1. The Labute approximate surface area is 90.1 Å². The Morgan fingerprint density at radius 3 is 3.13 bits per heavy atom. The van der Waals surface area contributed by atoms with Crippen molar-refractivity contribution in [1.29, 1.82) is 0 Å². The number of aromatic nitrogens is 1. The molecule has 2 aromatic rings. The number of carbonyl (C=O) groups is 1. The summed E-state index contributed by atoms with van der Waals surface area (Å²) in [5, 5.41) is 9.60. The number of thiazole rings is 1. The van der Waals surface area contributed by atoms with Crippen LogP contribution in [0.15, 0.2) is 23.7 Å². The van der Waals surface area contributed by atoms with Gasteiger partial charge >= 0.3 is 5.97 Å². The molecule has 1 aromatic carbocycles. The van der Waals surface area contributed by atoms with Crippen LogP contribution in [0.3, 0.4) is 0 Å². The zero-order valence-corrected chi connectivity index (χ0v) is 8.82. The van der Waals surface area contributed by atoms with E-state index in [0.29, 0.717) is 5.56 Å². The summed E-state index contributed by atoms with van der Waals surface area (Å²) >= 11 is 1.46. The lowest BCUT2D eigenvalue weighted by Crippen LogP contribution is -2.13. The van der Waals surface area contributed by atoms with Crippen LogP contribution in [0.2, 0.25) is 0 Å². The molecule has 1 atom stereocenters. The first-order chi connectivity index (χ1) is 7.22. The molecule has 15 heavy (non-hydrogen) atoms. The molecule has 0 aliphatic rings. The van der Waals surface area contributed by atoms with Gasteiger partial charge in [-0.15, -0.1) is 11.3 Å². The van der Waals surface area contributed by atoms with Crippen molar-refractivity contribution < 1.29 is 14.6 Å². The number of hydrogen-bond donors (Lipinski definition) is 1. The van der Waals surface area contributed by atoms with Gasteiger partial charge in [0, 0.05) is 0 Å². The van der Waals surface area contributed by atoms with Gasteiger partial charge in [-0.25, -0.2) is 9.78 Å². The minimum Gasteiger partial charge on any atom is -0.467 e. The molecule has 0 aliphatic heterocycles. The molecule has 5 heteroatoms. The van der Waals surface area contributed by atoms with E-state index in [1.165, 1.54) is 18.4 Å². The summed E-state index contributed by atoms with van der Waals surface area (Å²) in [4.78, 5) is 15.2. The third kappa shape index (κ3) is 1.84. The molecule has 0 aliphatic carbocycles. The minimum absolute atomic E-state index is 0.526. The van der Waals surface area contributed by atoms with E-state index in [1.54, 1.807) is 23.7 Å². The quantitative estimate of drug-likeness (QED) is 0.784. The van der Waals surface area contributed by atoms with E-state index >= 15 is 0 Å². The van der Waals surface area contributed by atoms with Gasteiger partial charge in [0.05, 0.1) is 22.8 Å². The number of aliphatic hydroxyl groups is 1. The number of aliphatic hydroxyl groups excluding tert-OH is 1. The van der Waals surface area contributed by atoms with Gasteiger partial charge in [-0.1, -0.05) is 6.07 Å². The van der Waals surface area contributed by atoms with Crippen LogP contribution in [0.4, 0.5) is 0 Å². The van der Waals surface area contributed by atoms with Gasteiger partial charge in [0.1, 0.15) is 0 Å². The van der Waals surface area contributed by atoms with Crippen molar-refractivity contribution in [2.24, 2.45) is 0 Å². The van der Waals surface area contributed by atoms with Gasteiger partial charge in [-0.2, -0.15) is 0 Å². The normalized spacial score (nSPS) is 12.7. The summed E-state index contributed by atoms with van der Waals surface area (Å²) in [6.45, 7) is 0. The molecule has 2 rings (SSSR count). The van der Waals surface area contributed by atoms with E-state index in [2.05, 4.69) is 9.72 Å². The molecule has 0 bridgehead atoms. The van der Waals surface area contributed by atoms with Crippen molar-refractivity contribution in [3.63, 3.8) is 0 Å². The van der Waals surface area contributed by atoms with E-state index in [-0.39, 0.29) is 0 Å². The van der Waals surface area contributed by atoms with Gasteiger partial charge in [0.2, 0.25) is 0 Å². The Hall–Kier alpha value is -1.46. The molecule has 0 saturated heterocycles. The predicted octanol–water partition coefficient (Wildman–Crippen LogP) is 1.50. The maximum Gasteiger partial charge on any atom is 0.339 e. The van der Waals surface area contributed by atoms with Crippen LogP contribution in [-0.4, -0.2) is 23.2 Å². The topological polar surface area (TPSA) is 59.4 Å². The van der Waals surface area contributed by atoms with Gasteiger partial charge in [0.15, 0.2) is 6.10 Å². The van der Waals surface area contributed by atoms with Crippen molar-refractivity contribution in [1.82, 2.24) is 4.98 Å². The highest BCUT2D eigenvalue weighted by Crippen LogP contribution is 2.23. The van der Waals surface area contributed by atoms with Crippen LogP contribution in [0.25, 0.3) is 10.2 Å². The molecule has 0 spiro atoms. The van der Waals surface area contributed by atoms with Crippen molar-refractivity contribution in [3.8, 4) is 0 Å². The van der Waals surface area contributed by atoms with E-state index in [4.69, 9.17) is 0 Å². The highest BCUT2D eigenvalue weighted by Gasteiger charge is 2.18. The number of hydrogen-bond acceptors (Lipinski definition) is 5. The number of ether oxygens (including phenoxy) is 1. The number of carbonyl (C=O) groups excluding carboxylic acids is 1. The van der Waals surface area contributed by atoms with Crippen molar-refractivity contribution >= 4 is 27.5 Å². The maximum atomic E-state index is 11.1. The molecule has 4 nitrogen and oxygen atoms in total. The first kappa shape index (κ1) is 10.1. The van der Waals surface area contributed by atoms with Gasteiger partial charge < -0.3 is 9.84 Å². The van der Waals surface area contributed by atoms with Crippen LogP contribution in [0.1, 0.15) is 11.7 Å². The van der Waals surface area contributed by atoms with Crippen LogP contribution >= 0.6 is 11.3 Å². The van der Waals surface area contributed by atoms with E-state index in [9.17, 15) is 9.90 Å². The molecule has 78 valence electrons. The Morgan fingerprint density at radius 2 is 2.40 bits per heavy atom. The van der Waals surface area contributed by atoms with Crippen molar-refractivity contribution in [2.75, 3.05) is 7.11 Å².